The minimum absolute atomic E-state index is 0.301. The second-order valence-corrected chi connectivity index (χ2v) is 14.2. The van der Waals surface area contributed by atoms with Crippen LogP contribution in [0.25, 0.3) is 0 Å². The van der Waals surface area contributed by atoms with Gasteiger partial charge in [-0.15, -0.1) is 10.3 Å². The van der Waals surface area contributed by atoms with Crippen molar-refractivity contribution >= 4 is 19.4 Å². The van der Waals surface area contributed by atoms with Gasteiger partial charge in [-0.1, -0.05) is 25.6 Å². The normalized spacial score (nSPS) is 15.0. The summed E-state index contributed by atoms with van der Waals surface area (Å²) in [6, 6.07) is 4.54. The SMILES string of the molecule is CC(N[S+]([O-])C(C)(C)C)c1cc(C#C[Si](C)(C)C)ccc1F. The number of halogens is 1. The topological polar surface area (TPSA) is 35.1 Å². The molecule has 1 N–H and O–H groups in total. The van der Waals surface area contributed by atoms with Crippen LogP contribution in [0.4, 0.5) is 4.39 Å². The summed E-state index contributed by atoms with van der Waals surface area (Å²) in [6.07, 6.45) is 0. The van der Waals surface area contributed by atoms with Crippen LogP contribution in [0, 0.1) is 17.3 Å². The molecule has 5 heteroatoms. The smallest absolute Gasteiger partial charge is 0.136 e. The molecule has 0 aromatic heterocycles. The van der Waals surface area contributed by atoms with E-state index in [2.05, 4.69) is 35.8 Å². The Morgan fingerprint density at radius 2 is 1.86 bits per heavy atom. The zero-order valence-corrected chi connectivity index (χ0v) is 16.3. The Bertz CT molecular complexity index is 581. The molecular weight excluding hydrogens is 313 g/mol. The van der Waals surface area contributed by atoms with Crippen molar-refractivity contribution in [1.29, 1.82) is 0 Å². The second kappa shape index (κ2) is 7.18. The fourth-order valence-electron chi connectivity index (χ4n) is 1.61. The zero-order valence-electron chi connectivity index (χ0n) is 14.5. The second-order valence-electron chi connectivity index (χ2n) is 7.46. The lowest BCUT2D eigenvalue weighted by Crippen LogP contribution is -2.40. The van der Waals surface area contributed by atoms with Gasteiger partial charge in [0.1, 0.15) is 18.6 Å². The third-order valence-corrected chi connectivity index (χ3v) is 5.44. The third kappa shape index (κ3) is 6.13. The van der Waals surface area contributed by atoms with Crippen molar-refractivity contribution in [3.8, 4) is 11.5 Å². The fraction of sp³-hybridized carbons (Fsp3) is 0.529. The van der Waals surface area contributed by atoms with Crippen molar-refractivity contribution in [2.45, 2.75) is 58.1 Å². The molecule has 0 bridgehead atoms. The summed E-state index contributed by atoms with van der Waals surface area (Å²) in [6.45, 7) is 14.0. The van der Waals surface area contributed by atoms with Crippen LogP contribution < -0.4 is 4.72 Å². The first-order valence-electron chi connectivity index (χ1n) is 7.41. The number of nitrogens with one attached hydrogen (secondary N) is 1. The average Bonchev–Trinajstić information content (AvgIpc) is 2.35. The van der Waals surface area contributed by atoms with Crippen molar-refractivity contribution in [3.63, 3.8) is 0 Å². The molecule has 0 amide bonds. The summed E-state index contributed by atoms with van der Waals surface area (Å²) in [4.78, 5) is 0. The highest BCUT2D eigenvalue weighted by Gasteiger charge is 2.29. The van der Waals surface area contributed by atoms with Gasteiger partial charge in [-0.05, 0) is 45.9 Å². The van der Waals surface area contributed by atoms with Gasteiger partial charge in [-0.3, -0.25) is 0 Å². The molecule has 122 valence electrons. The summed E-state index contributed by atoms with van der Waals surface area (Å²) < 4.78 is 28.8. The molecule has 0 aliphatic carbocycles. The molecule has 2 unspecified atom stereocenters. The first kappa shape index (κ1) is 19.2. The monoisotopic (exact) mass is 339 g/mol. The van der Waals surface area contributed by atoms with Gasteiger partial charge in [0, 0.05) is 22.5 Å². The molecule has 1 rings (SSSR count). The Morgan fingerprint density at radius 1 is 1.27 bits per heavy atom. The molecule has 0 saturated heterocycles. The van der Waals surface area contributed by atoms with Crippen molar-refractivity contribution in [3.05, 3.63) is 35.1 Å². The lowest BCUT2D eigenvalue weighted by molar-refractivity contribution is 0.522. The Labute approximate surface area is 138 Å². The molecule has 1 aromatic rings. The van der Waals surface area contributed by atoms with Gasteiger partial charge >= 0.3 is 0 Å². The number of benzene rings is 1. The van der Waals surface area contributed by atoms with E-state index in [1.54, 1.807) is 12.1 Å². The van der Waals surface area contributed by atoms with E-state index in [4.69, 9.17) is 0 Å². The molecule has 0 aliphatic heterocycles. The van der Waals surface area contributed by atoms with Gasteiger partial charge in [-0.2, -0.15) is 0 Å². The summed E-state index contributed by atoms with van der Waals surface area (Å²) in [5.41, 5.74) is 4.57. The molecule has 22 heavy (non-hydrogen) atoms. The van der Waals surface area contributed by atoms with Crippen molar-refractivity contribution in [2.24, 2.45) is 0 Å². The van der Waals surface area contributed by atoms with E-state index in [-0.39, 0.29) is 16.6 Å². The first-order chi connectivity index (χ1) is 9.90. The zero-order chi connectivity index (χ0) is 17.1. The highest BCUT2D eigenvalue weighted by atomic mass is 32.2. The van der Waals surface area contributed by atoms with E-state index in [0.717, 1.165) is 5.56 Å². The molecule has 0 spiro atoms. The van der Waals surface area contributed by atoms with Crippen LogP contribution in [0.3, 0.4) is 0 Å². The molecule has 0 heterocycles. The maximum Gasteiger partial charge on any atom is 0.136 e. The maximum absolute atomic E-state index is 14.1. The summed E-state index contributed by atoms with van der Waals surface area (Å²) >= 11 is -1.25. The van der Waals surface area contributed by atoms with E-state index in [9.17, 15) is 8.94 Å². The van der Waals surface area contributed by atoms with E-state index in [1.807, 2.05) is 27.7 Å². The highest BCUT2D eigenvalue weighted by Crippen LogP contribution is 2.22. The van der Waals surface area contributed by atoms with Crippen molar-refractivity contribution in [1.82, 2.24) is 4.72 Å². The minimum atomic E-state index is -1.47. The van der Waals surface area contributed by atoms with Crippen LogP contribution >= 0.6 is 0 Å². The van der Waals surface area contributed by atoms with Crippen LogP contribution in [0.5, 0.6) is 0 Å². The van der Waals surface area contributed by atoms with E-state index >= 15 is 0 Å². The molecule has 0 aliphatic rings. The van der Waals surface area contributed by atoms with Crippen molar-refractivity contribution < 1.29 is 8.94 Å². The van der Waals surface area contributed by atoms with Crippen LogP contribution in [0.15, 0.2) is 18.2 Å². The Balaban J connectivity index is 3.01. The summed E-state index contributed by atoms with van der Waals surface area (Å²) in [5, 5.41) is 0. The number of rotatable bonds is 3. The van der Waals surface area contributed by atoms with Gasteiger partial charge in [0.15, 0.2) is 0 Å². The lowest BCUT2D eigenvalue weighted by Gasteiger charge is -2.26. The average molecular weight is 340 g/mol. The number of hydrogen-bond donors (Lipinski definition) is 1. The van der Waals surface area contributed by atoms with Gasteiger partial charge in [0.2, 0.25) is 0 Å². The molecule has 1 aromatic carbocycles. The Hall–Kier alpha value is -0.803. The predicted octanol–water partition coefficient (Wildman–Crippen LogP) is 4.17. The number of hydrogen-bond acceptors (Lipinski definition) is 2. The van der Waals surface area contributed by atoms with Crippen LogP contribution in [0.1, 0.15) is 44.9 Å². The third-order valence-electron chi connectivity index (χ3n) is 2.88. The van der Waals surface area contributed by atoms with Crippen LogP contribution in [0.2, 0.25) is 19.6 Å². The quantitative estimate of drug-likeness (QED) is 0.510. The molecule has 0 radical (unpaired) electrons. The molecule has 0 fully saturated rings. The summed E-state index contributed by atoms with van der Waals surface area (Å²) in [7, 11) is -1.47. The first-order valence-corrected chi connectivity index (χ1v) is 12.1. The van der Waals surface area contributed by atoms with E-state index in [0.29, 0.717) is 5.56 Å². The highest BCUT2D eigenvalue weighted by molar-refractivity contribution is 7.90. The van der Waals surface area contributed by atoms with Gasteiger partial charge < -0.3 is 4.55 Å². The molecule has 2 nitrogen and oxygen atoms in total. The van der Waals surface area contributed by atoms with Crippen molar-refractivity contribution in [2.75, 3.05) is 0 Å². The van der Waals surface area contributed by atoms with Gasteiger partial charge in [0.25, 0.3) is 0 Å². The lowest BCUT2D eigenvalue weighted by atomic mass is 10.1. The van der Waals surface area contributed by atoms with E-state index in [1.165, 1.54) is 6.07 Å². The van der Waals surface area contributed by atoms with Crippen LogP contribution in [-0.2, 0) is 11.4 Å². The van der Waals surface area contributed by atoms with Gasteiger partial charge in [0.05, 0.1) is 6.04 Å². The molecular formula is C17H26FNOSSi. The molecule has 0 saturated carbocycles. The summed E-state index contributed by atoms with van der Waals surface area (Å²) in [5.74, 6) is 2.83. The largest absolute Gasteiger partial charge is 0.598 e. The molecule has 2 atom stereocenters. The standard InChI is InChI=1S/C17H26FNOSSi/c1-13(19-21(20)17(2,3)4)15-12-14(8-9-16(15)18)10-11-22(5,6)7/h8-9,12-13,19H,1-7H3. The fourth-order valence-corrected chi connectivity index (χ4v) is 2.93. The minimum Gasteiger partial charge on any atom is -0.598 e. The van der Waals surface area contributed by atoms with Crippen LogP contribution in [-0.4, -0.2) is 17.4 Å². The van der Waals surface area contributed by atoms with E-state index < -0.39 is 19.4 Å². The predicted molar refractivity (Wildman–Crippen MR) is 96.1 cm³/mol. The van der Waals surface area contributed by atoms with Gasteiger partial charge in [-0.25, -0.2) is 4.39 Å². The Morgan fingerprint density at radius 3 is 2.36 bits per heavy atom. The Kier molecular flexibility index (Phi) is 6.28. The maximum atomic E-state index is 14.1.